The molecule has 0 atom stereocenters. The lowest BCUT2D eigenvalue weighted by atomic mass is 10.2. The lowest BCUT2D eigenvalue weighted by Crippen LogP contribution is -2.08. The molecule has 0 saturated carbocycles. The normalized spacial score (nSPS) is 13.3. The molecule has 10 heteroatoms. The predicted molar refractivity (Wildman–Crippen MR) is 100 cm³/mol. The van der Waals surface area contributed by atoms with Gasteiger partial charge < -0.3 is 0 Å². The molecule has 0 aliphatic carbocycles. The molecule has 2 aromatic rings. The highest BCUT2D eigenvalue weighted by atomic mass is 32.2. The smallest absolute Gasteiger partial charge is 0.265 e. The van der Waals surface area contributed by atoms with E-state index in [0.717, 1.165) is 0 Å². The molecule has 0 radical (unpaired) electrons. The van der Waals surface area contributed by atoms with Crippen LogP contribution in [0.5, 0.6) is 0 Å². The zero-order valence-electron chi connectivity index (χ0n) is 14.6. The summed E-state index contributed by atoms with van der Waals surface area (Å²) in [4.78, 5) is -0.0477. The maximum absolute atomic E-state index is 12.0. The number of hydrogen-bond donors (Lipinski definition) is 0. The van der Waals surface area contributed by atoms with Crippen LogP contribution in [0.2, 0.25) is 0 Å². The van der Waals surface area contributed by atoms with E-state index in [1.54, 1.807) is 36.4 Å². The van der Waals surface area contributed by atoms with Crippen molar-refractivity contribution in [2.75, 3.05) is 0 Å². The number of hydrogen-bond acceptors (Lipinski definition) is 8. The fourth-order valence-corrected chi connectivity index (χ4v) is 3.52. The van der Waals surface area contributed by atoms with Gasteiger partial charge in [-0.15, -0.1) is 0 Å². The fourth-order valence-electron chi connectivity index (χ4n) is 1.92. The molecule has 0 aliphatic rings. The van der Waals surface area contributed by atoms with Crippen LogP contribution in [0.1, 0.15) is 20.3 Å². The molecule has 0 fully saturated rings. The molecule has 0 bridgehead atoms. The van der Waals surface area contributed by atoms with Crippen LogP contribution >= 0.6 is 0 Å². The van der Waals surface area contributed by atoms with Gasteiger partial charge in [-0.2, -0.15) is 16.8 Å². The van der Waals surface area contributed by atoms with Crippen LogP contribution in [-0.2, 0) is 28.8 Å². The molecule has 0 amide bonds. The van der Waals surface area contributed by atoms with E-state index in [1.165, 1.54) is 38.1 Å². The molecule has 0 saturated heterocycles. The Hall–Kier alpha value is -2.72. The van der Waals surface area contributed by atoms with Gasteiger partial charge in [0.15, 0.2) is 0 Å². The SMILES string of the molecule is C/C(C/C(C)=N/OS(=O)(=O)c1ccccc1)=N\OS(=O)(=O)c1ccccc1. The first-order valence-corrected chi connectivity index (χ1v) is 10.6. The Balaban J connectivity index is 1.99. The quantitative estimate of drug-likeness (QED) is 0.489. The Morgan fingerprint density at radius 1 is 0.704 bits per heavy atom. The summed E-state index contributed by atoms with van der Waals surface area (Å²) in [5, 5.41) is 7.12. The molecule has 0 aliphatic heterocycles. The summed E-state index contributed by atoms with van der Waals surface area (Å²) in [6, 6.07) is 15.1. The third-order valence-electron chi connectivity index (χ3n) is 3.16. The fraction of sp³-hybridized carbons (Fsp3) is 0.176. The minimum absolute atomic E-state index is 0.0239. The zero-order valence-corrected chi connectivity index (χ0v) is 16.3. The maximum Gasteiger partial charge on any atom is 0.358 e. The summed E-state index contributed by atoms with van der Waals surface area (Å²) in [6.07, 6.45) is 0.0641. The van der Waals surface area contributed by atoms with Crippen LogP contribution in [-0.4, -0.2) is 28.3 Å². The second-order valence-corrected chi connectivity index (χ2v) is 8.57. The van der Waals surface area contributed by atoms with Crippen LogP contribution in [0.4, 0.5) is 0 Å². The van der Waals surface area contributed by atoms with Crippen molar-refractivity contribution in [2.24, 2.45) is 10.3 Å². The monoisotopic (exact) mass is 410 g/mol. The van der Waals surface area contributed by atoms with Gasteiger partial charge in [-0.25, -0.2) is 0 Å². The first kappa shape index (κ1) is 20.6. The summed E-state index contributed by atoms with van der Waals surface area (Å²) in [5.74, 6) is 0. The summed E-state index contributed by atoms with van der Waals surface area (Å²) < 4.78 is 57.2. The van der Waals surface area contributed by atoms with E-state index in [9.17, 15) is 16.8 Å². The Kier molecular flexibility index (Phi) is 6.70. The van der Waals surface area contributed by atoms with Gasteiger partial charge in [-0.3, -0.25) is 8.57 Å². The second-order valence-electron chi connectivity index (χ2n) is 5.51. The lowest BCUT2D eigenvalue weighted by molar-refractivity contribution is 0.336. The molecule has 2 rings (SSSR count). The third kappa shape index (κ3) is 6.19. The van der Waals surface area contributed by atoms with Gasteiger partial charge in [0.05, 0.1) is 11.4 Å². The standard InChI is InChI=1S/C17H18N2O6S2/c1-14(18-24-26(20,21)16-9-5-3-6-10-16)13-15(2)19-25-27(22,23)17-11-7-4-8-12-17/h3-12H,13H2,1-2H3/b18-14+,19-15+. The van der Waals surface area contributed by atoms with Gasteiger partial charge in [-0.05, 0) is 38.1 Å². The van der Waals surface area contributed by atoms with Crippen molar-refractivity contribution in [3.8, 4) is 0 Å². The summed E-state index contributed by atoms with van der Waals surface area (Å²) >= 11 is 0. The molecule has 144 valence electrons. The minimum atomic E-state index is -4.02. The number of rotatable bonds is 8. The maximum atomic E-state index is 12.0. The molecule has 0 unspecified atom stereocenters. The number of nitrogens with zero attached hydrogens (tertiary/aromatic N) is 2. The summed E-state index contributed by atoms with van der Waals surface area (Å²) in [5.41, 5.74) is 0.549. The number of benzene rings is 2. The largest absolute Gasteiger partial charge is 0.358 e. The van der Waals surface area contributed by atoms with E-state index in [4.69, 9.17) is 0 Å². The van der Waals surface area contributed by atoms with E-state index in [2.05, 4.69) is 18.9 Å². The van der Waals surface area contributed by atoms with E-state index in [-0.39, 0.29) is 27.6 Å². The first-order valence-electron chi connectivity index (χ1n) is 7.75. The van der Waals surface area contributed by atoms with Gasteiger partial charge in [0.25, 0.3) is 0 Å². The van der Waals surface area contributed by atoms with Gasteiger partial charge in [0.2, 0.25) is 0 Å². The molecule has 0 spiro atoms. The van der Waals surface area contributed by atoms with Crippen molar-refractivity contribution < 1.29 is 25.4 Å². The number of oxime groups is 2. The van der Waals surface area contributed by atoms with E-state index >= 15 is 0 Å². The third-order valence-corrected chi connectivity index (χ3v) is 5.40. The van der Waals surface area contributed by atoms with Crippen molar-refractivity contribution >= 4 is 31.7 Å². The first-order chi connectivity index (χ1) is 12.7. The van der Waals surface area contributed by atoms with E-state index < -0.39 is 20.2 Å². The van der Waals surface area contributed by atoms with Gasteiger partial charge >= 0.3 is 20.2 Å². The van der Waals surface area contributed by atoms with Crippen LogP contribution in [0.3, 0.4) is 0 Å². The van der Waals surface area contributed by atoms with Crippen molar-refractivity contribution in [3.05, 3.63) is 60.7 Å². The van der Waals surface area contributed by atoms with Gasteiger partial charge in [0.1, 0.15) is 9.79 Å². The van der Waals surface area contributed by atoms with Crippen molar-refractivity contribution in [1.82, 2.24) is 0 Å². The Bertz CT molecular complexity index is 946. The molecular formula is C17H18N2O6S2. The molecule has 8 nitrogen and oxygen atoms in total. The molecule has 0 N–H and O–H groups in total. The zero-order chi connectivity index (χ0) is 19.9. The van der Waals surface area contributed by atoms with Crippen molar-refractivity contribution in [2.45, 2.75) is 30.1 Å². The highest BCUT2D eigenvalue weighted by molar-refractivity contribution is 7.87. The highest BCUT2D eigenvalue weighted by Gasteiger charge is 2.16. The second kappa shape index (κ2) is 8.78. The summed E-state index contributed by atoms with van der Waals surface area (Å²) in [7, 11) is -8.03. The van der Waals surface area contributed by atoms with Gasteiger partial charge in [0, 0.05) is 6.42 Å². The van der Waals surface area contributed by atoms with Gasteiger partial charge in [-0.1, -0.05) is 46.7 Å². The highest BCUT2D eigenvalue weighted by Crippen LogP contribution is 2.13. The topological polar surface area (TPSA) is 111 Å². The minimum Gasteiger partial charge on any atom is -0.265 e. The molecule has 2 aromatic carbocycles. The molecule has 0 aromatic heterocycles. The Morgan fingerprint density at radius 3 is 1.37 bits per heavy atom. The average molecular weight is 410 g/mol. The molecular weight excluding hydrogens is 392 g/mol. The van der Waals surface area contributed by atoms with Crippen LogP contribution in [0.15, 0.2) is 80.8 Å². The van der Waals surface area contributed by atoms with Crippen molar-refractivity contribution in [3.63, 3.8) is 0 Å². The predicted octanol–water partition coefficient (Wildman–Crippen LogP) is 2.94. The van der Waals surface area contributed by atoms with Crippen molar-refractivity contribution in [1.29, 1.82) is 0 Å². The lowest BCUT2D eigenvalue weighted by Gasteiger charge is -2.04. The van der Waals surface area contributed by atoms with Crippen LogP contribution < -0.4 is 0 Å². The molecule has 27 heavy (non-hydrogen) atoms. The van der Waals surface area contributed by atoms with Crippen LogP contribution in [0, 0.1) is 0 Å². The van der Waals surface area contributed by atoms with E-state index in [1.807, 2.05) is 0 Å². The Morgan fingerprint density at radius 2 is 1.04 bits per heavy atom. The Labute approximate surface area is 158 Å². The average Bonchev–Trinajstić information content (AvgIpc) is 2.66. The van der Waals surface area contributed by atoms with E-state index in [0.29, 0.717) is 0 Å². The van der Waals surface area contributed by atoms with Crippen LogP contribution in [0.25, 0.3) is 0 Å². The summed E-state index contributed by atoms with van der Waals surface area (Å²) in [6.45, 7) is 3.04. The molecule has 0 heterocycles.